The molecule has 5 heteroatoms. The molecule has 1 rings (SSSR count). The molecule has 0 aromatic heterocycles. The number of nitrogens with one attached hydrogen (secondary N) is 1. The van der Waals surface area contributed by atoms with Crippen LogP contribution in [-0.2, 0) is 14.3 Å². The lowest BCUT2D eigenvalue weighted by Crippen LogP contribution is -2.62. The number of aliphatic hydroxyl groups excluding tert-OH is 1. The van der Waals surface area contributed by atoms with Gasteiger partial charge in [-0.3, -0.25) is 4.79 Å². The van der Waals surface area contributed by atoms with Crippen molar-refractivity contribution in [2.45, 2.75) is 31.8 Å². The molecule has 3 atom stereocenters. The average Bonchev–Trinajstić information content (AvgIpc) is 2.10. The molecular weight excluding hydrogens is 186 g/mol. The number of amides is 1. The molecule has 1 heterocycles. The fourth-order valence-corrected chi connectivity index (χ4v) is 1.71. The third kappa shape index (κ3) is 2.23. The molecule has 5 nitrogen and oxygen atoms in total. The summed E-state index contributed by atoms with van der Waals surface area (Å²) in [5, 5.41) is 12.0. The molecule has 1 saturated heterocycles. The minimum absolute atomic E-state index is 0.0487. The van der Waals surface area contributed by atoms with Crippen molar-refractivity contribution in [3.8, 4) is 0 Å². The quantitative estimate of drug-likeness (QED) is 0.466. The van der Waals surface area contributed by atoms with Gasteiger partial charge < -0.3 is 19.9 Å². The Hall–Kier alpha value is -0.650. The third-order valence-electron chi connectivity index (χ3n) is 2.56. The molecule has 0 saturated carbocycles. The molecule has 1 amide bonds. The first-order valence-electron chi connectivity index (χ1n) is 4.64. The Morgan fingerprint density at radius 3 is 2.43 bits per heavy atom. The van der Waals surface area contributed by atoms with E-state index in [0.29, 0.717) is 6.42 Å². The van der Waals surface area contributed by atoms with E-state index >= 15 is 0 Å². The highest BCUT2D eigenvalue weighted by Gasteiger charge is 2.43. The van der Waals surface area contributed by atoms with Crippen LogP contribution in [0.1, 0.15) is 13.3 Å². The summed E-state index contributed by atoms with van der Waals surface area (Å²) in [6, 6.07) is -0.0487. The van der Waals surface area contributed by atoms with Crippen LogP contribution in [0.5, 0.6) is 0 Å². The number of aliphatic hydroxyl groups is 1. The van der Waals surface area contributed by atoms with E-state index in [1.807, 2.05) is 0 Å². The molecule has 2 N–H and O–H groups in total. The second kappa shape index (κ2) is 4.72. The van der Waals surface area contributed by atoms with Gasteiger partial charge in [-0.15, -0.1) is 0 Å². The number of carbonyl (C=O) groups is 1. The molecule has 82 valence electrons. The summed E-state index contributed by atoms with van der Waals surface area (Å²) in [4.78, 5) is 11.1. The monoisotopic (exact) mass is 203 g/mol. The van der Waals surface area contributed by atoms with E-state index in [1.165, 1.54) is 0 Å². The minimum Gasteiger partial charge on any atom is -0.393 e. The Kier molecular flexibility index (Phi) is 3.86. The van der Waals surface area contributed by atoms with E-state index in [4.69, 9.17) is 9.47 Å². The molecule has 3 unspecified atom stereocenters. The number of hydrogen-bond acceptors (Lipinski definition) is 4. The summed E-state index contributed by atoms with van der Waals surface area (Å²) in [6.45, 7) is 1.62. The highest BCUT2D eigenvalue weighted by Crippen LogP contribution is 2.23. The van der Waals surface area contributed by atoms with E-state index in [0.717, 1.165) is 0 Å². The Labute approximate surface area is 83.4 Å². The number of ether oxygens (including phenoxy) is 2. The van der Waals surface area contributed by atoms with Crippen LogP contribution in [0, 0.1) is 5.92 Å². The standard InChI is InChI=1S/C9H17NO4/c1-5(11)8-6(10-9(8)12)4-7(13-2)14-3/h5-8,11H,4H2,1-3H3,(H,10,12). The van der Waals surface area contributed by atoms with Gasteiger partial charge >= 0.3 is 0 Å². The normalized spacial score (nSPS) is 28.5. The van der Waals surface area contributed by atoms with Crippen molar-refractivity contribution in [1.82, 2.24) is 5.32 Å². The maximum Gasteiger partial charge on any atom is 0.228 e. The Balaban J connectivity index is 2.43. The van der Waals surface area contributed by atoms with Gasteiger partial charge in [-0.05, 0) is 6.92 Å². The molecule has 0 aromatic carbocycles. The zero-order valence-corrected chi connectivity index (χ0v) is 8.69. The fourth-order valence-electron chi connectivity index (χ4n) is 1.71. The summed E-state index contributed by atoms with van der Waals surface area (Å²) in [5.74, 6) is -0.432. The lowest BCUT2D eigenvalue weighted by atomic mass is 9.84. The van der Waals surface area contributed by atoms with E-state index < -0.39 is 6.10 Å². The summed E-state index contributed by atoms with van der Waals surface area (Å²) >= 11 is 0. The molecule has 1 aliphatic rings. The topological polar surface area (TPSA) is 67.8 Å². The predicted octanol–water partition coefficient (Wildman–Crippen LogP) is -0.509. The lowest BCUT2D eigenvalue weighted by molar-refractivity contribution is -0.150. The summed E-state index contributed by atoms with van der Waals surface area (Å²) in [6.07, 6.45) is -0.390. The molecule has 1 fully saturated rings. The van der Waals surface area contributed by atoms with Gasteiger partial charge in [-0.1, -0.05) is 0 Å². The fraction of sp³-hybridized carbons (Fsp3) is 0.889. The average molecular weight is 203 g/mol. The molecule has 0 bridgehead atoms. The van der Waals surface area contributed by atoms with E-state index in [-0.39, 0.29) is 24.2 Å². The summed E-state index contributed by atoms with van der Waals surface area (Å²) < 4.78 is 10.0. The van der Waals surface area contributed by atoms with Gasteiger partial charge in [0, 0.05) is 26.7 Å². The first-order valence-corrected chi connectivity index (χ1v) is 4.64. The first-order chi connectivity index (χ1) is 6.60. The summed E-state index contributed by atoms with van der Waals surface area (Å²) in [7, 11) is 3.10. The van der Waals surface area contributed by atoms with Crippen LogP contribution in [-0.4, -0.2) is 43.7 Å². The smallest absolute Gasteiger partial charge is 0.228 e. The van der Waals surface area contributed by atoms with Crippen LogP contribution in [0.3, 0.4) is 0 Å². The van der Waals surface area contributed by atoms with Crippen molar-refractivity contribution < 1.29 is 19.4 Å². The SMILES string of the molecule is COC(CC1NC(=O)C1C(C)O)OC. The zero-order valence-electron chi connectivity index (χ0n) is 8.69. The predicted molar refractivity (Wildman–Crippen MR) is 49.5 cm³/mol. The molecule has 1 aliphatic heterocycles. The van der Waals surface area contributed by atoms with Crippen LogP contribution in [0.15, 0.2) is 0 Å². The van der Waals surface area contributed by atoms with Crippen LogP contribution >= 0.6 is 0 Å². The highest BCUT2D eigenvalue weighted by atomic mass is 16.7. The van der Waals surface area contributed by atoms with Crippen LogP contribution < -0.4 is 5.32 Å². The maximum absolute atomic E-state index is 11.1. The largest absolute Gasteiger partial charge is 0.393 e. The van der Waals surface area contributed by atoms with Crippen LogP contribution in [0.2, 0.25) is 0 Å². The Morgan fingerprint density at radius 1 is 1.50 bits per heavy atom. The minimum atomic E-state index is -0.622. The molecule has 14 heavy (non-hydrogen) atoms. The van der Waals surface area contributed by atoms with E-state index in [9.17, 15) is 9.90 Å². The second-order valence-electron chi connectivity index (χ2n) is 3.52. The highest BCUT2D eigenvalue weighted by molar-refractivity contribution is 5.86. The van der Waals surface area contributed by atoms with Crippen LogP contribution in [0.4, 0.5) is 0 Å². The van der Waals surface area contributed by atoms with Gasteiger partial charge in [-0.25, -0.2) is 0 Å². The van der Waals surface area contributed by atoms with Crippen molar-refractivity contribution in [2.24, 2.45) is 5.92 Å². The van der Waals surface area contributed by atoms with Crippen molar-refractivity contribution in [2.75, 3.05) is 14.2 Å². The molecule has 0 aromatic rings. The number of hydrogen-bond donors (Lipinski definition) is 2. The zero-order chi connectivity index (χ0) is 10.7. The van der Waals surface area contributed by atoms with Crippen molar-refractivity contribution in [1.29, 1.82) is 0 Å². The third-order valence-corrected chi connectivity index (χ3v) is 2.56. The van der Waals surface area contributed by atoms with Gasteiger partial charge in [0.1, 0.15) is 0 Å². The second-order valence-corrected chi connectivity index (χ2v) is 3.52. The molecular formula is C9H17NO4. The van der Waals surface area contributed by atoms with Crippen molar-refractivity contribution >= 4 is 5.91 Å². The number of β-lactam (4-membered cyclic amide) rings is 1. The van der Waals surface area contributed by atoms with Gasteiger partial charge in [0.15, 0.2) is 6.29 Å². The summed E-state index contributed by atoms with van der Waals surface area (Å²) in [5.41, 5.74) is 0. The van der Waals surface area contributed by atoms with Crippen LogP contribution in [0.25, 0.3) is 0 Å². The van der Waals surface area contributed by atoms with Crippen molar-refractivity contribution in [3.63, 3.8) is 0 Å². The van der Waals surface area contributed by atoms with E-state index in [2.05, 4.69) is 5.32 Å². The first kappa shape index (κ1) is 11.4. The number of rotatable bonds is 5. The Bertz CT molecular complexity index is 203. The number of carbonyl (C=O) groups excluding carboxylic acids is 1. The van der Waals surface area contributed by atoms with Gasteiger partial charge in [0.25, 0.3) is 0 Å². The number of methoxy groups -OCH3 is 2. The maximum atomic E-state index is 11.1. The molecule has 0 aliphatic carbocycles. The van der Waals surface area contributed by atoms with Gasteiger partial charge in [-0.2, -0.15) is 0 Å². The molecule has 0 radical (unpaired) electrons. The molecule has 0 spiro atoms. The van der Waals surface area contributed by atoms with Crippen molar-refractivity contribution in [3.05, 3.63) is 0 Å². The van der Waals surface area contributed by atoms with Gasteiger partial charge in [0.2, 0.25) is 5.91 Å². The Morgan fingerprint density at radius 2 is 2.07 bits per heavy atom. The van der Waals surface area contributed by atoms with E-state index in [1.54, 1.807) is 21.1 Å². The van der Waals surface area contributed by atoms with Gasteiger partial charge in [0.05, 0.1) is 12.0 Å². The lowest BCUT2D eigenvalue weighted by Gasteiger charge is -2.39.